The molecule has 2 N–H and O–H groups in total. The molecule has 2 aromatic rings. The lowest BCUT2D eigenvalue weighted by Gasteiger charge is -2.29. The summed E-state index contributed by atoms with van der Waals surface area (Å²) in [5.74, 6) is -1.16. The maximum atomic E-state index is 11.3. The first kappa shape index (κ1) is 11.2. The van der Waals surface area contributed by atoms with Crippen LogP contribution in [0.2, 0.25) is 0 Å². The molecular weight excluding hydrogens is 232 g/mol. The van der Waals surface area contributed by atoms with E-state index in [1.165, 1.54) is 6.33 Å². The van der Waals surface area contributed by atoms with Crippen LogP contribution in [0, 0.1) is 5.92 Å². The largest absolute Gasteiger partial charge is 0.481 e. The number of nitrogens with one attached hydrogen (secondary N) is 1. The molecule has 1 aliphatic rings. The third-order valence-corrected chi connectivity index (χ3v) is 3.53. The first-order chi connectivity index (χ1) is 8.77. The molecule has 2 unspecified atom stereocenters. The van der Waals surface area contributed by atoms with Crippen LogP contribution in [0.25, 0.3) is 5.65 Å². The second-order valence-electron chi connectivity index (χ2n) is 4.54. The van der Waals surface area contributed by atoms with Crippen molar-refractivity contribution in [3.8, 4) is 0 Å². The molecule has 3 heterocycles. The van der Waals surface area contributed by atoms with E-state index in [1.54, 1.807) is 4.52 Å². The highest BCUT2D eigenvalue weighted by atomic mass is 16.4. The minimum absolute atomic E-state index is 0.00310. The molecule has 0 aliphatic carbocycles. The summed E-state index contributed by atoms with van der Waals surface area (Å²) in [4.78, 5) is 15.6. The molecule has 0 saturated carbocycles. The minimum atomic E-state index is -0.756. The van der Waals surface area contributed by atoms with Gasteiger partial charge >= 0.3 is 5.97 Å². The second kappa shape index (κ2) is 4.38. The molecule has 3 rings (SSSR count). The average Bonchev–Trinajstić information content (AvgIpc) is 2.86. The van der Waals surface area contributed by atoms with Gasteiger partial charge in [-0.2, -0.15) is 5.10 Å². The molecule has 2 aromatic heterocycles. The first-order valence-electron chi connectivity index (χ1n) is 5.99. The number of aromatic nitrogens is 3. The van der Waals surface area contributed by atoms with E-state index in [9.17, 15) is 9.90 Å². The molecule has 94 valence electrons. The summed E-state index contributed by atoms with van der Waals surface area (Å²) in [5, 5.41) is 16.5. The minimum Gasteiger partial charge on any atom is -0.481 e. The molecule has 0 spiro atoms. The predicted molar refractivity (Wildman–Crippen MR) is 64.3 cm³/mol. The molecule has 1 fully saturated rings. The van der Waals surface area contributed by atoms with Gasteiger partial charge in [-0.15, -0.1) is 0 Å². The van der Waals surface area contributed by atoms with Crippen LogP contribution >= 0.6 is 0 Å². The van der Waals surface area contributed by atoms with Crippen LogP contribution in [0.15, 0.2) is 24.7 Å². The van der Waals surface area contributed by atoms with Crippen LogP contribution in [-0.2, 0) is 4.79 Å². The lowest BCUT2D eigenvalue weighted by Crippen LogP contribution is -2.39. The smallest absolute Gasteiger partial charge is 0.308 e. The Kier molecular flexibility index (Phi) is 2.71. The van der Waals surface area contributed by atoms with Crippen LogP contribution in [-0.4, -0.2) is 38.8 Å². The average molecular weight is 246 g/mol. The molecule has 1 saturated heterocycles. The molecule has 2 atom stereocenters. The van der Waals surface area contributed by atoms with Gasteiger partial charge < -0.3 is 10.4 Å². The van der Waals surface area contributed by atoms with E-state index in [4.69, 9.17) is 0 Å². The van der Waals surface area contributed by atoms with Gasteiger partial charge in [-0.25, -0.2) is 9.50 Å². The predicted octanol–water partition coefficient (Wildman–Crippen LogP) is 0.507. The van der Waals surface area contributed by atoms with Crippen molar-refractivity contribution >= 4 is 11.6 Å². The Hall–Kier alpha value is -1.95. The molecular formula is C12H14N4O2. The number of rotatable bonds is 2. The summed E-state index contributed by atoms with van der Waals surface area (Å²) in [6.45, 7) is 1.35. The van der Waals surface area contributed by atoms with Crippen LogP contribution in [0.3, 0.4) is 0 Å². The Morgan fingerprint density at radius 1 is 1.56 bits per heavy atom. The van der Waals surface area contributed by atoms with Gasteiger partial charge in [0.25, 0.3) is 0 Å². The van der Waals surface area contributed by atoms with Crippen molar-refractivity contribution in [3.63, 3.8) is 0 Å². The normalized spacial score (nSPS) is 24.2. The van der Waals surface area contributed by atoms with E-state index in [0.29, 0.717) is 6.54 Å². The van der Waals surface area contributed by atoms with E-state index in [-0.39, 0.29) is 5.92 Å². The van der Waals surface area contributed by atoms with E-state index in [1.807, 2.05) is 18.3 Å². The molecule has 6 heteroatoms. The lowest BCUT2D eigenvalue weighted by atomic mass is 9.81. The lowest BCUT2D eigenvalue weighted by molar-refractivity contribution is -0.142. The summed E-state index contributed by atoms with van der Waals surface area (Å²) in [5.41, 5.74) is 1.74. The fourth-order valence-corrected chi connectivity index (χ4v) is 2.65. The monoisotopic (exact) mass is 246 g/mol. The molecule has 0 aromatic carbocycles. The quantitative estimate of drug-likeness (QED) is 0.807. The summed E-state index contributed by atoms with van der Waals surface area (Å²) >= 11 is 0. The fourth-order valence-electron chi connectivity index (χ4n) is 2.65. The van der Waals surface area contributed by atoms with Gasteiger partial charge in [0.1, 0.15) is 6.33 Å². The zero-order valence-corrected chi connectivity index (χ0v) is 9.78. The van der Waals surface area contributed by atoms with Crippen molar-refractivity contribution in [3.05, 3.63) is 30.2 Å². The highest BCUT2D eigenvalue weighted by Gasteiger charge is 2.33. The number of pyridine rings is 1. The van der Waals surface area contributed by atoms with Gasteiger partial charge in [-0.05, 0) is 19.0 Å². The van der Waals surface area contributed by atoms with Gasteiger partial charge in [0, 0.05) is 24.2 Å². The molecule has 18 heavy (non-hydrogen) atoms. The van der Waals surface area contributed by atoms with E-state index in [0.717, 1.165) is 24.2 Å². The third kappa shape index (κ3) is 1.74. The maximum absolute atomic E-state index is 11.3. The van der Waals surface area contributed by atoms with Crippen molar-refractivity contribution < 1.29 is 9.90 Å². The van der Waals surface area contributed by atoms with E-state index >= 15 is 0 Å². The van der Waals surface area contributed by atoms with Gasteiger partial charge in [-0.1, -0.05) is 6.07 Å². The highest BCUT2D eigenvalue weighted by Crippen LogP contribution is 2.32. The molecule has 0 amide bonds. The van der Waals surface area contributed by atoms with Crippen LogP contribution in [0.4, 0.5) is 0 Å². The number of hydrogen-bond acceptors (Lipinski definition) is 4. The number of hydrogen-bond donors (Lipinski definition) is 2. The van der Waals surface area contributed by atoms with Crippen LogP contribution < -0.4 is 5.32 Å². The van der Waals surface area contributed by atoms with Crippen molar-refractivity contribution in [2.45, 2.75) is 12.3 Å². The maximum Gasteiger partial charge on any atom is 0.308 e. The van der Waals surface area contributed by atoms with E-state index in [2.05, 4.69) is 15.4 Å². The Bertz CT molecular complexity index is 580. The second-order valence-corrected chi connectivity index (χ2v) is 4.54. The number of aliphatic carboxylic acids is 1. The summed E-state index contributed by atoms with van der Waals surface area (Å²) < 4.78 is 1.69. The fraction of sp³-hybridized carbons (Fsp3) is 0.417. The van der Waals surface area contributed by atoms with Crippen molar-refractivity contribution in [1.29, 1.82) is 0 Å². The Morgan fingerprint density at radius 2 is 2.44 bits per heavy atom. The van der Waals surface area contributed by atoms with Gasteiger partial charge in [-0.3, -0.25) is 4.79 Å². The molecule has 6 nitrogen and oxygen atoms in total. The zero-order chi connectivity index (χ0) is 12.5. The molecule has 0 radical (unpaired) electrons. The van der Waals surface area contributed by atoms with Crippen molar-refractivity contribution in [2.24, 2.45) is 5.92 Å². The molecule has 0 bridgehead atoms. The summed E-state index contributed by atoms with van der Waals surface area (Å²) in [6.07, 6.45) is 4.13. The number of piperidine rings is 1. The number of nitrogens with zero attached hydrogens (tertiary/aromatic N) is 3. The SMILES string of the molecule is O=C(O)C1CNCCC1c1cccn2ncnc12. The Morgan fingerprint density at radius 3 is 3.28 bits per heavy atom. The van der Waals surface area contributed by atoms with E-state index < -0.39 is 11.9 Å². The number of carboxylic acid groups (broad SMARTS) is 1. The van der Waals surface area contributed by atoms with Crippen LogP contribution in [0.1, 0.15) is 17.9 Å². The topological polar surface area (TPSA) is 79.5 Å². The van der Waals surface area contributed by atoms with Crippen molar-refractivity contribution in [2.75, 3.05) is 13.1 Å². The zero-order valence-electron chi connectivity index (χ0n) is 9.78. The summed E-state index contributed by atoms with van der Waals surface area (Å²) in [7, 11) is 0. The van der Waals surface area contributed by atoms with Crippen molar-refractivity contribution in [1.82, 2.24) is 19.9 Å². The molecule has 1 aliphatic heterocycles. The Balaban J connectivity index is 2.06. The van der Waals surface area contributed by atoms with Crippen LogP contribution in [0.5, 0.6) is 0 Å². The third-order valence-electron chi connectivity index (χ3n) is 3.53. The summed E-state index contributed by atoms with van der Waals surface area (Å²) in [6, 6.07) is 3.84. The highest BCUT2D eigenvalue weighted by molar-refractivity contribution is 5.72. The first-order valence-corrected chi connectivity index (χ1v) is 5.99. The number of carboxylic acids is 1. The number of fused-ring (bicyclic) bond motifs is 1. The van der Waals surface area contributed by atoms with Gasteiger partial charge in [0.2, 0.25) is 0 Å². The van der Waals surface area contributed by atoms with Gasteiger partial charge in [0.15, 0.2) is 5.65 Å². The van der Waals surface area contributed by atoms with Gasteiger partial charge in [0.05, 0.1) is 5.92 Å². The Labute approximate surface area is 104 Å². The standard InChI is InChI=1S/C12H14N4O2/c17-12(18)10-6-13-4-3-8(10)9-2-1-5-16-11(9)14-7-15-16/h1-2,5,7-8,10,13H,3-4,6H2,(H,17,18). The number of carbonyl (C=O) groups is 1.